The minimum atomic E-state index is -0.746. The Bertz CT molecular complexity index is 328. The Labute approximate surface area is 122 Å². The van der Waals surface area contributed by atoms with Gasteiger partial charge < -0.3 is 21.3 Å². The summed E-state index contributed by atoms with van der Waals surface area (Å²) in [6.07, 6.45) is 5.09. The lowest BCUT2D eigenvalue weighted by atomic mass is 9.85. The average Bonchev–Trinajstić information content (AvgIpc) is 2.81. The molecule has 0 spiro atoms. The van der Waals surface area contributed by atoms with Gasteiger partial charge in [0.15, 0.2) is 0 Å². The second-order valence-electron chi connectivity index (χ2n) is 6.47. The molecule has 2 aliphatic rings. The van der Waals surface area contributed by atoms with E-state index in [0.29, 0.717) is 0 Å². The fourth-order valence-corrected chi connectivity index (χ4v) is 3.72. The summed E-state index contributed by atoms with van der Waals surface area (Å²) in [5.74, 6) is -0.0403. The molecule has 0 aromatic carbocycles. The van der Waals surface area contributed by atoms with Crippen molar-refractivity contribution in [2.75, 3.05) is 39.3 Å². The molecule has 2 fully saturated rings. The van der Waals surface area contributed by atoms with Crippen LogP contribution < -0.4 is 11.5 Å². The molecule has 116 valence electrons. The molecule has 1 aliphatic heterocycles. The molecule has 5 nitrogen and oxygen atoms in total. The number of hydrogen-bond donors (Lipinski definition) is 2. The number of primary amides is 1. The van der Waals surface area contributed by atoms with Crippen molar-refractivity contribution in [1.82, 2.24) is 9.80 Å². The molecular formula is C15H30N4O. The van der Waals surface area contributed by atoms with Crippen molar-refractivity contribution in [3.8, 4) is 0 Å². The maximum Gasteiger partial charge on any atom is 0.237 e. The van der Waals surface area contributed by atoms with E-state index in [1.807, 2.05) is 0 Å². The van der Waals surface area contributed by atoms with E-state index in [1.54, 1.807) is 0 Å². The maximum absolute atomic E-state index is 11.6. The lowest BCUT2D eigenvalue weighted by molar-refractivity contribution is -0.124. The Morgan fingerprint density at radius 3 is 2.35 bits per heavy atom. The van der Waals surface area contributed by atoms with E-state index in [2.05, 4.69) is 16.7 Å². The molecule has 20 heavy (non-hydrogen) atoms. The van der Waals surface area contributed by atoms with Gasteiger partial charge in [-0.25, -0.2) is 0 Å². The molecule has 2 unspecified atom stereocenters. The number of carbonyl (C=O) groups is 1. The van der Waals surface area contributed by atoms with Crippen molar-refractivity contribution in [3.05, 3.63) is 0 Å². The van der Waals surface area contributed by atoms with Gasteiger partial charge in [0, 0.05) is 26.2 Å². The summed E-state index contributed by atoms with van der Waals surface area (Å²) in [6.45, 7) is 9.12. The molecule has 1 saturated carbocycles. The topological polar surface area (TPSA) is 75.6 Å². The zero-order valence-electron chi connectivity index (χ0n) is 12.8. The van der Waals surface area contributed by atoms with Gasteiger partial charge >= 0.3 is 0 Å². The van der Waals surface area contributed by atoms with Crippen LogP contribution >= 0.6 is 0 Å². The van der Waals surface area contributed by atoms with Crippen LogP contribution in [0.1, 0.15) is 39.0 Å². The highest BCUT2D eigenvalue weighted by Crippen LogP contribution is 2.36. The molecule has 1 aliphatic carbocycles. The van der Waals surface area contributed by atoms with Crippen molar-refractivity contribution in [2.45, 2.75) is 44.6 Å². The first-order valence-corrected chi connectivity index (χ1v) is 8.09. The van der Waals surface area contributed by atoms with Gasteiger partial charge in [-0.15, -0.1) is 0 Å². The van der Waals surface area contributed by atoms with Gasteiger partial charge in [0.05, 0.1) is 5.54 Å². The summed E-state index contributed by atoms with van der Waals surface area (Å²) in [5.41, 5.74) is 11.0. The molecule has 1 heterocycles. The predicted octanol–water partition coefficient (Wildman–Crippen LogP) is 0.387. The van der Waals surface area contributed by atoms with Crippen LogP contribution in [-0.2, 0) is 4.79 Å². The molecule has 5 heteroatoms. The Balaban J connectivity index is 1.75. The maximum atomic E-state index is 11.6. The van der Waals surface area contributed by atoms with Crippen LogP contribution in [-0.4, -0.2) is 60.5 Å². The summed E-state index contributed by atoms with van der Waals surface area (Å²) in [5, 5.41) is 0. The van der Waals surface area contributed by atoms with Gasteiger partial charge in [0.2, 0.25) is 5.91 Å². The molecular weight excluding hydrogens is 252 g/mol. The van der Waals surface area contributed by atoms with Crippen molar-refractivity contribution < 1.29 is 4.79 Å². The average molecular weight is 282 g/mol. The van der Waals surface area contributed by atoms with Gasteiger partial charge in [-0.3, -0.25) is 4.79 Å². The first-order valence-electron chi connectivity index (χ1n) is 8.09. The van der Waals surface area contributed by atoms with E-state index >= 15 is 0 Å². The number of rotatable bonds is 6. The number of nitrogens with two attached hydrogens (primary N) is 2. The minimum Gasteiger partial charge on any atom is -0.368 e. The highest BCUT2D eigenvalue weighted by molar-refractivity contribution is 5.85. The number of amides is 1. The first-order chi connectivity index (χ1) is 9.56. The van der Waals surface area contributed by atoms with Gasteiger partial charge in [-0.05, 0) is 44.7 Å². The molecule has 0 aromatic heterocycles. The van der Waals surface area contributed by atoms with Crippen LogP contribution in [0.2, 0.25) is 0 Å². The lowest BCUT2D eigenvalue weighted by Crippen LogP contribution is -2.55. The van der Waals surface area contributed by atoms with E-state index in [9.17, 15) is 4.79 Å². The number of carbonyl (C=O) groups excluding carboxylic acids is 1. The van der Waals surface area contributed by atoms with Crippen molar-refractivity contribution in [1.29, 1.82) is 0 Å². The molecule has 4 N–H and O–H groups in total. The Morgan fingerprint density at radius 1 is 1.20 bits per heavy atom. The van der Waals surface area contributed by atoms with Crippen molar-refractivity contribution in [2.24, 2.45) is 17.4 Å². The Kier molecular flexibility index (Phi) is 5.41. The van der Waals surface area contributed by atoms with E-state index < -0.39 is 5.54 Å². The van der Waals surface area contributed by atoms with E-state index in [0.717, 1.165) is 45.3 Å². The zero-order chi connectivity index (χ0) is 14.6. The number of piperazine rings is 1. The second kappa shape index (κ2) is 6.87. The van der Waals surface area contributed by atoms with E-state index in [1.165, 1.54) is 26.1 Å². The minimum absolute atomic E-state index is 0.272. The SMILES string of the molecule is CCCN1CCN(CCC2CCCC2(N)C(N)=O)CC1. The second-order valence-corrected chi connectivity index (χ2v) is 6.47. The molecule has 1 amide bonds. The van der Waals surface area contributed by atoms with Gasteiger partial charge in [0.25, 0.3) is 0 Å². The fourth-order valence-electron chi connectivity index (χ4n) is 3.72. The molecule has 1 saturated heterocycles. The van der Waals surface area contributed by atoms with Crippen LogP contribution in [0, 0.1) is 5.92 Å². The fraction of sp³-hybridized carbons (Fsp3) is 0.933. The van der Waals surface area contributed by atoms with Gasteiger partial charge in [0.1, 0.15) is 0 Å². The smallest absolute Gasteiger partial charge is 0.237 e. The van der Waals surface area contributed by atoms with Crippen LogP contribution in [0.3, 0.4) is 0 Å². The lowest BCUT2D eigenvalue weighted by Gasteiger charge is -2.36. The highest BCUT2D eigenvalue weighted by Gasteiger charge is 2.44. The molecule has 2 atom stereocenters. The zero-order valence-corrected chi connectivity index (χ0v) is 12.8. The third kappa shape index (κ3) is 3.51. The van der Waals surface area contributed by atoms with Crippen LogP contribution in [0.15, 0.2) is 0 Å². The van der Waals surface area contributed by atoms with Crippen molar-refractivity contribution in [3.63, 3.8) is 0 Å². The van der Waals surface area contributed by atoms with Crippen LogP contribution in [0.25, 0.3) is 0 Å². The molecule has 2 rings (SSSR count). The van der Waals surface area contributed by atoms with E-state index in [-0.39, 0.29) is 11.8 Å². The molecule has 0 bridgehead atoms. The van der Waals surface area contributed by atoms with Crippen molar-refractivity contribution >= 4 is 5.91 Å². The Hall–Kier alpha value is -0.650. The van der Waals surface area contributed by atoms with Gasteiger partial charge in [-0.2, -0.15) is 0 Å². The highest BCUT2D eigenvalue weighted by atomic mass is 16.1. The Morgan fingerprint density at radius 2 is 1.80 bits per heavy atom. The summed E-state index contributed by atoms with van der Waals surface area (Å²) in [6, 6.07) is 0. The predicted molar refractivity (Wildman–Crippen MR) is 81.2 cm³/mol. The number of nitrogens with zero attached hydrogens (tertiary/aromatic N) is 2. The summed E-state index contributed by atoms with van der Waals surface area (Å²) < 4.78 is 0. The third-order valence-corrected chi connectivity index (χ3v) is 5.13. The molecule has 0 aromatic rings. The normalized spacial score (nSPS) is 32.6. The first kappa shape index (κ1) is 15.7. The van der Waals surface area contributed by atoms with E-state index in [4.69, 9.17) is 11.5 Å². The standard InChI is InChI=1S/C15H30N4O/c1-2-7-18-9-11-19(12-10-18)8-5-13-4-3-6-15(13,17)14(16)20/h13H,2-12,17H2,1H3,(H2,16,20). The molecule has 0 radical (unpaired) electrons. The summed E-state index contributed by atoms with van der Waals surface area (Å²) >= 11 is 0. The number of hydrogen-bond acceptors (Lipinski definition) is 4. The quantitative estimate of drug-likeness (QED) is 0.739. The van der Waals surface area contributed by atoms with Gasteiger partial charge in [-0.1, -0.05) is 13.3 Å². The summed E-state index contributed by atoms with van der Waals surface area (Å²) in [4.78, 5) is 16.6. The largest absolute Gasteiger partial charge is 0.368 e. The van der Waals surface area contributed by atoms with Crippen LogP contribution in [0.4, 0.5) is 0 Å². The third-order valence-electron chi connectivity index (χ3n) is 5.13. The summed E-state index contributed by atoms with van der Waals surface area (Å²) in [7, 11) is 0. The monoisotopic (exact) mass is 282 g/mol. The van der Waals surface area contributed by atoms with Crippen LogP contribution in [0.5, 0.6) is 0 Å².